The maximum atomic E-state index is 13.1. The van der Waals surface area contributed by atoms with Gasteiger partial charge in [0.2, 0.25) is 0 Å². The van der Waals surface area contributed by atoms with Crippen molar-refractivity contribution < 1.29 is 80.2 Å². The highest BCUT2D eigenvalue weighted by Crippen LogP contribution is 2.45. The van der Waals surface area contributed by atoms with Crippen molar-refractivity contribution in [3.8, 4) is 0 Å². The molecule has 3 N–H and O–H groups in total. The minimum absolute atomic E-state index is 0.0225. The second kappa shape index (κ2) is 78.5. The van der Waals surface area contributed by atoms with Crippen molar-refractivity contribution in [3.05, 3.63) is 219 Å². The Labute approximate surface area is 651 Å². The predicted molar refractivity (Wildman–Crippen MR) is 445 cm³/mol. The van der Waals surface area contributed by atoms with E-state index < -0.39 is 97.5 Å². The quantitative estimate of drug-likeness (QED) is 0.0169. The van der Waals surface area contributed by atoms with E-state index in [0.717, 1.165) is 173 Å². The fraction of sp³-hybridized carbons (Fsp3) is 0.551. The zero-order chi connectivity index (χ0) is 78.9. The van der Waals surface area contributed by atoms with Crippen molar-refractivity contribution in [1.82, 2.24) is 0 Å². The third-order valence-electron chi connectivity index (χ3n) is 15.5. The molecule has 0 aliphatic rings. The van der Waals surface area contributed by atoms with Crippen LogP contribution in [0.1, 0.15) is 259 Å². The lowest BCUT2D eigenvalue weighted by Crippen LogP contribution is -2.30. The van der Waals surface area contributed by atoms with Crippen LogP contribution in [0.4, 0.5) is 0 Å². The molecule has 0 amide bonds. The molecule has 606 valence electrons. The maximum Gasteiger partial charge on any atom is 0.472 e. The number of carbonyl (C=O) groups excluding carboxylic acids is 4. The Morgan fingerprint density at radius 1 is 0.269 bits per heavy atom. The molecular weight excluding hydrogens is 1400 g/mol. The molecule has 0 bridgehead atoms. The molecule has 0 spiro atoms. The fourth-order valence-electron chi connectivity index (χ4n) is 9.54. The van der Waals surface area contributed by atoms with Crippen LogP contribution in [-0.4, -0.2) is 96.7 Å². The van der Waals surface area contributed by atoms with Gasteiger partial charge in [-0.15, -0.1) is 0 Å². The van der Waals surface area contributed by atoms with Gasteiger partial charge in [0.05, 0.1) is 32.8 Å². The van der Waals surface area contributed by atoms with E-state index in [1.165, 1.54) is 0 Å². The number of ether oxygens (including phenoxy) is 4. The largest absolute Gasteiger partial charge is 0.472 e. The fourth-order valence-corrected chi connectivity index (χ4v) is 11.1. The van der Waals surface area contributed by atoms with E-state index >= 15 is 0 Å². The summed E-state index contributed by atoms with van der Waals surface area (Å²) < 4.78 is 68.4. The summed E-state index contributed by atoms with van der Waals surface area (Å²) in [5, 5.41) is 10.6. The highest BCUT2D eigenvalue weighted by Gasteiger charge is 2.30. The van der Waals surface area contributed by atoms with Crippen molar-refractivity contribution >= 4 is 39.5 Å². The van der Waals surface area contributed by atoms with Crippen molar-refractivity contribution in [2.24, 2.45) is 0 Å². The number of hydrogen-bond donors (Lipinski definition) is 3. The van der Waals surface area contributed by atoms with E-state index in [1.54, 1.807) is 12.2 Å². The molecule has 0 saturated heterocycles. The lowest BCUT2D eigenvalue weighted by Gasteiger charge is -2.21. The van der Waals surface area contributed by atoms with Crippen LogP contribution in [0.2, 0.25) is 0 Å². The first-order chi connectivity index (χ1) is 52.7. The van der Waals surface area contributed by atoms with Crippen LogP contribution in [-0.2, 0) is 65.4 Å². The van der Waals surface area contributed by atoms with Crippen molar-refractivity contribution in [1.29, 1.82) is 0 Å². The Bertz CT molecular complexity index is 2910. The van der Waals surface area contributed by atoms with Crippen LogP contribution in [0.3, 0.4) is 0 Å². The molecule has 0 aromatic carbocycles. The number of unbranched alkanes of at least 4 members (excludes halogenated alkanes) is 11. The molecule has 0 aromatic rings. The Morgan fingerprint density at radius 2 is 0.491 bits per heavy atom. The third kappa shape index (κ3) is 77.5. The zero-order valence-corrected chi connectivity index (χ0v) is 68.0. The Kier molecular flexibility index (Phi) is 73.7. The summed E-state index contributed by atoms with van der Waals surface area (Å²) in [4.78, 5) is 73.0. The first-order valence-corrected chi connectivity index (χ1v) is 43.0. The van der Waals surface area contributed by atoms with Gasteiger partial charge in [-0.25, -0.2) is 9.13 Å². The molecule has 17 nitrogen and oxygen atoms in total. The van der Waals surface area contributed by atoms with Gasteiger partial charge < -0.3 is 33.8 Å². The highest BCUT2D eigenvalue weighted by molar-refractivity contribution is 7.47. The first-order valence-electron chi connectivity index (χ1n) is 40.0. The van der Waals surface area contributed by atoms with Gasteiger partial charge in [0.25, 0.3) is 0 Å². The van der Waals surface area contributed by atoms with Crippen LogP contribution in [0.25, 0.3) is 0 Å². The monoisotopic (exact) mass is 1540 g/mol. The van der Waals surface area contributed by atoms with Gasteiger partial charge in [0, 0.05) is 19.3 Å². The topological polar surface area (TPSA) is 237 Å². The second-order valence-corrected chi connectivity index (χ2v) is 28.4. The Hall–Kier alpha value is -6.62. The summed E-state index contributed by atoms with van der Waals surface area (Å²) in [6.45, 7) is 4.16. The number of phosphoric acid groups is 2. The van der Waals surface area contributed by atoms with Crippen LogP contribution in [0, 0.1) is 0 Å². The zero-order valence-electron chi connectivity index (χ0n) is 66.2. The van der Waals surface area contributed by atoms with Crippen molar-refractivity contribution in [2.75, 3.05) is 39.6 Å². The lowest BCUT2D eigenvalue weighted by molar-refractivity contribution is -0.161. The predicted octanol–water partition coefficient (Wildman–Crippen LogP) is 23.7. The molecule has 108 heavy (non-hydrogen) atoms. The summed E-state index contributed by atoms with van der Waals surface area (Å²) in [7, 11) is -10.0. The number of allylic oxidation sites excluding steroid dienone is 35. The average Bonchev–Trinajstić information content (AvgIpc) is 0.923. The molecule has 0 aliphatic heterocycles. The van der Waals surface area contributed by atoms with Gasteiger partial charge >= 0.3 is 39.5 Å². The summed E-state index contributed by atoms with van der Waals surface area (Å²) in [5.74, 6) is -2.45. The number of esters is 4. The van der Waals surface area contributed by atoms with Crippen molar-refractivity contribution in [2.45, 2.75) is 277 Å². The minimum Gasteiger partial charge on any atom is -0.462 e. The van der Waals surface area contributed by atoms with E-state index in [-0.39, 0.29) is 25.7 Å². The molecule has 0 saturated carbocycles. The van der Waals surface area contributed by atoms with E-state index in [9.17, 15) is 43.2 Å². The van der Waals surface area contributed by atoms with Gasteiger partial charge in [-0.05, 0) is 173 Å². The summed E-state index contributed by atoms with van der Waals surface area (Å²) in [5.41, 5.74) is 0. The average molecular weight is 1540 g/mol. The summed E-state index contributed by atoms with van der Waals surface area (Å²) in [6, 6.07) is 0. The standard InChI is InChI=1S/C89H138O17P2/c1-5-9-13-17-21-25-29-33-37-39-41-43-47-49-53-57-61-65-69-73-86(91)99-79-84(105-88(93)75-71-67-63-59-55-51-45-35-31-27-23-19-15-11-7-3)81-103-107(95,96)101-77-83(90)78-102-108(97,98)104-82-85(106-89(94)76-72-68-64-60-56-52-46-36-32-28-24-20-16-12-8-4)80-100-87(92)74-70-66-62-58-54-50-48-44-42-40-38-34-30-26-22-18-14-10-6-2/h9-16,21-28,33-38,41-46,49,53,55-56,59-60,68,72,83-85,90H,5-8,17-20,29-32,39-40,47-48,50-52,54,57-58,61-67,69-71,73-82H2,1-4H3,(H,95,96)(H,97,98)/b13-9-,14-10-,15-11-,16-12-,25-21-,26-22-,27-23-,28-24-,37-33-,38-34-,43-41-,44-42-,45-35-,46-36-,53-49-,59-55-,60-56-,72-68-. The first kappa shape index (κ1) is 101. The molecule has 0 radical (unpaired) electrons. The minimum atomic E-state index is -5.02. The van der Waals surface area contributed by atoms with Gasteiger partial charge in [-0.3, -0.25) is 37.3 Å². The number of rotatable bonds is 72. The molecule has 5 unspecified atom stereocenters. The van der Waals surface area contributed by atoms with E-state index in [4.69, 9.17) is 37.0 Å². The van der Waals surface area contributed by atoms with Crippen LogP contribution >= 0.6 is 15.6 Å². The molecule has 0 fully saturated rings. The van der Waals surface area contributed by atoms with E-state index in [1.807, 2.05) is 12.2 Å². The number of phosphoric ester groups is 2. The van der Waals surface area contributed by atoms with Gasteiger partial charge in [0.15, 0.2) is 12.2 Å². The lowest BCUT2D eigenvalue weighted by atomic mass is 10.1. The third-order valence-corrected chi connectivity index (χ3v) is 17.4. The number of aliphatic hydroxyl groups is 1. The van der Waals surface area contributed by atoms with E-state index in [2.05, 4.69) is 222 Å². The normalized spacial score (nSPS) is 15.0. The highest BCUT2D eigenvalue weighted by atomic mass is 31.2. The number of aliphatic hydroxyl groups excluding tert-OH is 1. The van der Waals surface area contributed by atoms with Crippen LogP contribution in [0.5, 0.6) is 0 Å². The van der Waals surface area contributed by atoms with Crippen LogP contribution in [0.15, 0.2) is 219 Å². The molecule has 0 aromatic heterocycles. The smallest absolute Gasteiger partial charge is 0.462 e. The van der Waals surface area contributed by atoms with Gasteiger partial charge in [-0.1, -0.05) is 279 Å². The summed E-state index contributed by atoms with van der Waals surface area (Å²) >= 11 is 0. The van der Waals surface area contributed by atoms with Crippen LogP contribution < -0.4 is 0 Å². The molecule has 0 rings (SSSR count). The van der Waals surface area contributed by atoms with Gasteiger partial charge in [0.1, 0.15) is 19.3 Å². The maximum absolute atomic E-state index is 13.1. The van der Waals surface area contributed by atoms with Gasteiger partial charge in [-0.2, -0.15) is 0 Å². The molecule has 0 aliphatic carbocycles. The molecule has 5 atom stereocenters. The SMILES string of the molecule is CC/C=C\C/C=C\C/C=C\C/C=C\C/C=C\CCCCCC(=O)OCC(COP(=O)(O)OCC(O)COP(=O)(O)OCC(COC(=O)CCCCCCCC/C=C\C/C=C\C/C=C\C/C=C\CC)OC(=O)C/C=C\C/C=C\C/C=C\C/C=C\C/C=C\CC)OC(=O)CCCC/C=C\C/C=C\C/C=C\C/C=C\CC. The molecular formula is C89H138O17P2. The number of hydrogen-bond acceptors (Lipinski definition) is 15. The molecule has 0 heterocycles. The Morgan fingerprint density at radius 3 is 0.806 bits per heavy atom. The van der Waals surface area contributed by atoms with Crippen molar-refractivity contribution in [3.63, 3.8) is 0 Å². The number of carbonyl (C=O) groups is 4. The summed E-state index contributed by atoms with van der Waals surface area (Å²) in [6.07, 6.45) is 99.6. The Balaban J connectivity index is 5.53. The molecule has 19 heteroatoms. The van der Waals surface area contributed by atoms with E-state index in [0.29, 0.717) is 32.1 Å². The second-order valence-electron chi connectivity index (χ2n) is 25.5.